The molecular weight excluding hydrogens is 1770 g/mol. The summed E-state index contributed by atoms with van der Waals surface area (Å²) in [5.41, 5.74) is 0. The molecule has 0 spiro atoms. The molecule has 0 saturated heterocycles. The molecule has 0 aromatic heterocycles. The van der Waals surface area contributed by atoms with Crippen LogP contribution >= 0.6 is 476 Å². The third-order valence-corrected chi connectivity index (χ3v) is 37.7. The van der Waals surface area contributed by atoms with Crippen LogP contribution in [0.25, 0.3) is 0 Å². The largest absolute Gasteiger partial charge is 0.304 e. The number of halogens is 41. The normalized spacial score (nSPS) is 17.8. The second-order valence-electron chi connectivity index (χ2n) is 11.7. The molecule has 0 radical (unpaired) electrons. The smallest absolute Gasteiger partial charge is 0.284 e. The molecule has 45 heteroatoms. The first-order valence-electron chi connectivity index (χ1n) is 13.2. The lowest BCUT2D eigenvalue weighted by atomic mass is 9.96. The molecule has 0 aromatic rings. The zero-order valence-electron chi connectivity index (χ0n) is 27.2. The third kappa shape index (κ3) is 11.8. The molecule has 392 valence electrons. The molecular formula is C20HCl41O3S. The number of hydrogen-bond donors (Lipinski definition) is 1. The van der Waals surface area contributed by atoms with E-state index in [0.717, 1.165) is 0 Å². The first-order valence-corrected chi connectivity index (χ1v) is 29.7. The van der Waals surface area contributed by atoms with E-state index in [0.29, 0.717) is 0 Å². The van der Waals surface area contributed by atoms with Crippen LogP contribution in [0.3, 0.4) is 0 Å². The maximum absolute atomic E-state index is 11.4. The Morgan fingerprint density at radius 3 is 0.431 bits per heavy atom. The summed E-state index contributed by atoms with van der Waals surface area (Å²) in [6, 6.07) is 0. The molecule has 0 rings (SSSR count). The van der Waals surface area contributed by atoms with Gasteiger partial charge in [-0.3, -0.25) is 4.55 Å². The van der Waals surface area contributed by atoms with Crippen LogP contribution in [-0.2, 0) is 15.5 Å². The number of alkyl halides is 41. The van der Waals surface area contributed by atoms with Crippen molar-refractivity contribution < 1.29 is 12.9 Å². The topological polar surface area (TPSA) is 46.5 Å². The predicted molar refractivity (Wildman–Crippen MR) is 306 cm³/mol. The van der Waals surface area contributed by atoms with E-state index in [4.69, 9.17) is 476 Å². The lowest BCUT2D eigenvalue weighted by Gasteiger charge is -2.59. The van der Waals surface area contributed by atoms with Crippen molar-refractivity contribution in [2.45, 2.75) is 86.3 Å². The van der Waals surface area contributed by atoms with E-state index in [9.17, 15) is 8.76 Å². The minimum absolute atomic E-state index is 2.91. The molecule has 0 aliphatic rings. The fourth-order valence-corrected chi connectivity index (χ4v) is 18.4. The van der Waals surface area contributed by atoms with Crippen LogP contribution in [0, 0.1) is 0 Å². The van der Waals surface area contributed by atoms with Crippen LogP contribution in [0.2, 0.25) is 0 Å². The molecule has 0 fully saturated rings. The van der Waals surface area contributed by atoms with Gasteiger partial charge in [-0.25, -0.2) is 4.18 Å². The molecule has 65 heavy (non-hydrogen) atoms. The monoisotopic (exact) mass is 1750 g/mol. The molecule has 0 aliphatic carbocycles. The van der Waals surface area contributed by atoms with Crippen LogP contribution in [0.4, 0.5) is 0 Å². The minimum Gasteiger partial charge on any atom is -0.284 e. The molecule has 1 atom stereocenters. The Bertz CT molecular complexity index is 1770. The van der Waals surface area contributed by atoms with Crippen molar-refractivity contribution in [2.75, 3.05) is 0 Å². The van der Waals surface area contributed by atoms with Gasteiger partial charge in [0, 0.05) is 0 Å². The quantitative estimate of drug-likeness (QED) is 0.0976. The van der Waals surface area contributed by atoms with Gasteiger partial charge in [-0.2, -0.15) is 4.21 Å². The molecule has 1 unspecified atom stereocenters. The second kappa shape index (κ2) is 23.1. The van der Waals surface area contributed by atoms with E-state index < -0.39 is 97.7 Å². The maximum Gasteiger partial charge on any atom is 0.304 e. The van der Waals surface area contributed by atoms with Crippen LogP contribution in [0.5, 0.6) is 0 Å². The molecule has 0 aromatic carbocycles. The van der Waals surface area contributed by atoms with E-state index >= 15 is 0 Å². The highest BCUT2D eigenvalue weighted by Crippen LogP contribution is 2.79. The predicted octanol–water partition coefficient (Wildman–Crippen LogP) is 23.8. The number of rotatable bonds is 20. The molecule has 0 amide bonds. The van der Waals surface area contributed by atoms with Crippen LogP contribution < -0.4 is 0 Å². The second-order valence-corrected chi connectivity index (χ2v) is 39.7. The zero-order valence-corrected chi connectivity index (χ0v) is 59.0. The Kier molecular flexibility index (Phi) is 27.3. The summed E-state index contributed by atoms with van der Waals surface area (Å²) >= 11 is 259. The lowest BCUT2D eigenvalue weighted by Crippen LogP contribution is -2.76. The van der Waals surface area contributed by atoms with Crippen LogP contribution in [0.15, 0.2) is 0 Å². The van der Waals surface area contributed by atoms with Gasteiger partial charge in [0.25, 0.3) is 4.52 Å². The zero-order chi connectivity index (χ0) is 54.3. The first-order chi connectivity index (χ1) is 27.2. The van der Waals surface area contributed by atoms with Crippen molar-refractivity contribution in [2.24, 2.45) is 0 Å². The van der Waals surface area contributed by atoms with Crippen molar-refractivity contribution in [3.05, 3.63) is 0 Å². The SMILES string of the molecule is O=S(O)OC(Cl)(Cl)C(Cl)(Cl)C(Cl)(Cl)C(Cl)(Cl)C(Cl)(Cl)C(Cl)(Cl)C(Cl)(Cl)C(Cl)(Cl)C(Cl)(Cl)C(Cl)(Cl)C(Cl)(Cl)C(Cl)(Cl)C(Cl)(Cl)C(Cl)(Cl)C(Cl)(Cl)C(Cl)(Cl)C(Cl)(Cl)C(Cl)(Cl)C(Cl)(Cl)C(Cl)(Cl)Cl. The molecule has 0 saturated carbocycles. The van der Waals surface area contributed by atoms with Gasteiger partial charge >= 0.3 is 11.4 Å². The summed E-state index contributed by atoms with van der Waals surface area (Å²) in [5.74, 6) is 0. The Labute approximate surface area is 576 Å². The van der Waals surface area contributed by atoms with E-state index in [-0.39, 0.29) is 0 Å². The maximum atomic E-state index is 11.4. The van der Waals surface area contributed by atoms with Gasteiger partial charge in [0.05, 0.1) is 0 Å². The van der Waals surface area contributed by atoms with E-state index in [1.165, 1.54) is 0 Å². The van der Waals surface area contributed by atoms with Gasteiger partial charge in [0.15, 0.2) is 69.3 Å². The van der Waals surface area contributed by atoms with Crippen molar-refractivity contribution >= 4 is 487 Å². The summed E-state index contributed by atoms with van der Waals surface area (Å²) in [5, 5.41) is 0. The molecule has 1 N–H and O–H groups in total. The van der Waals surface area contributed by atoms with Crippen molar-refractivity contribution in [3.8, 4) is 0 Å². The van der Waals surface area contributed by atoms with Gasteiger partial charge in [-0.05, 0) is 0 Å². The summed E-state index contributed by atoms with van der Waals surface area (Å²) in [6.07, 6.45) is 0. The Morgan fingerprint density at radius 2 is 0.323 bits per heavy atom. The molecule has 0 heterocycles. The summed E-state index contributed by atoms with van der Waals surface area (Å²) in [7, 11) is 0. The summed E-state index contributed by atoms with van der Waals surface area (Å²) in [6.45, 7) is 0. The molecule has 0 aliphatic heterocycles. The van der Waals surface area contributed by atoms with Gasteiger partial charge < -0.3 is 0 Å². The highest BCUT2D eigenvalue weighted by molar-refractivity contribution is 7.74. The van der Waals surface area contributed by atoms with Gasteiger partial charge in [0.2, 0.25) is 12.5 Å². The third-order valence-electron chi connectivity index (χ3n) is 7.60. The summed E-state index contributed by atoms with van der Waals surface area (Å²) in [4.78, 5) is 0. The van der Waals surface area contributed by atoms with Crippen molar-refractivity contribution in [3.63, 3.8) is 0 Å². The van der Waals surface area contributed by atoms with Crippen molar-refractivity contribution in [1.29, 1.82) is 0 Å². The van der Waals surface area contributed by atoms with E-state index in [1.807, 2.05) is 0 Å². The Morgan fingerprint density at radius 1 is 0.215 bits per heavy atom. The number of hydrogen-bond acceptors (Lipinski definition) is 2. The van der Waals surface area contributed by atoms with Crippen molar-refractivity contribution in [1.82, 2.24) is 0 Å². The Hall–Kier alpha value is 12.0. The highest BCUT2D eigenvalue weighted by atomic mass is 35.6. The molecule has 0 bridgehead atoms. The standard InChI is InChI=1S/C20HCl41O3S/c21-1(22,3(25,26)5(29,30)7(33,34)9(37,38)11(41,42)13(45,46)15(49,50)17(53,54)19(57,58)59)2(23,24)4(27,28)6(31,32)8(35,36)10(39,40)12(43,44)14(47,48)16(51,52)18(55,56)20(60,61)64-65(62)63/h(H,62,63). The average Bonchev–Trinajstić information content (AvgIpc) is 3.05. The van der Waals surface area contributed by atoms with E-state index in [2.05, 4.69) is 4.18 Å². The first kappa shape index (κ1) is 77.0. The minimum atomic E-state index is -3.85. The fraction of sp³-hybridized carbons (Fsp3) is 1.00. The van der Waals surface area contributed by atoms with Crippen LogP contribution in [0.1, 0.15) is 0 Å². The fourth-order valence-electron chi connectivity index (χ4n) is 3.66. The highest BCUT2D eigenvalue weighted by Gasteiger charge is 2.89. The van der Waals surface area contributed by atoms with E-state index in [1.54, 1.807) is 0 Å². The molecule has 3 nitrogen and oxygen atoms in total. The summed E-state index contributed by atoms with van der Waals surface area (Å²) < 4.78 is -47.5. The van der Waals surface area contributed by atoms with Gasteiger partial charge in [0.1, 0.15) is 0 Å². The van der Waals surface area contributed by atoms with Gasteiger partial charge in [-0.15, -0.1) is 0 Å². The Balaban J connectivity index is 8.00. The van der Waals surface area contributed by atoms with Gasteiger partial charge in [-0.1, -0.05) is 476 Å². The average molecular weight is 1770 g/mol. The van der Waals surface area contributed by atoms with Crippen LogP contribution in [-0.4, -0.2) is 95.1 Å². The lowest BCUT2D eigenvalue weighted by molar-refractivity contribution is 0.208.